The monoisotopic (exact) mass is 328 g/mol. The third kappa shape index (κ3) is 3.14. The van der Waals surface area contributed by atoms with Crippen molar-refractivity contribution in [3.63, 3.8) is 0 Å². The van der Waals surface area contributed by atoms with Gasteiger partial charge in [-0.15, -0.1) is 5.10 Å². The Kier molecular flexibility index (Phi) is 4.20. The van der Waals surface area contributed by atoms with Crippen molar-refractivity contribution in [1.82, 2.24) is 19.7 Å². The summed E-state index contributed by atoms with van der Waals surface area (Å²) in [5, 5.41) is 17.7. The van der Waals surface area contributed by atoms with Crippen molar-refractivity contribution in [1.29, 1.82) is 0 Å². The number of aromatic nitrogens is 4. The molecule has 0 amide bonds. The van der Waals surface area contributed by atoms with E-state index in [0.717, 1.165) is 40.5 Å². The number of benzene rings is 1. The lowest BCUT2D eigenvalue weighted by Crippen LogP contribution is -1.97. The molecule has 2 N–H and O–H groups in total. The number of para-hydroxylation sites is 1. The van der Waals surface area contributed by atoms with Gasteiger partial charge in [-0.1, -0.05) is 25.1 Å². The number of nitrogens with one attached hydrogen (secondary N) is 1. The number of nitrogens with zero attached hydrogens (tertiary/aromatic N) is 3. The number of thioether (sulfide) groups is 1. The van der Waals surface area contributed by atoms with Crippen LogP contribution in [0.5, 0.6) is 0 Å². The molecule has 0 radical (unpaired) electrons. The number of carboxylic acids is 1. The fourth-order valence-corrected chi connectivity index (χ4v) is 3.06. The zero-order valence-electron chi connectivity index (χ0n) is 12.8. The molecule has 0 unspecified atom stereocenters. The summed E-state index contributed by atoms with van der Waals surface area (Å²) in [6.07, 6.45) is 4.31. The molecule has 2 aromatic heterocycles. The second kappa shape index (κ2) is 6.29. The van der Waals surface area contributed by atoms with Gasteiger partial charge >= 0.3 is 5.97 Å². The highest BCUT2D eigenvalue weighted by atomic mass is 32.2. The molecular formula is C16H16N4O2S. The molecule has 0 saturated heterocycles. The van der Waals surface area contributed by atoms with E-state index in [1.807, 2.05) is 49.0 Å². The van der Waals surface area contributed by atoms with Crippen LogP contribution in [0, 0.1) is 0 Å². The van der Waals surface area contributed by atoms with Crippen LogP contribution < -0.4 is 0 Å². The standard InChI is InChI=1S/C16H16N4O2S/c1-3-14-17-16(19-18-14)23-13(15(21)22)8-10-9-20(2)12-7-5-4-6-11(10)12/h4-9H,3H2,1-2H3,(H,21,22)(H,17,18,19)/b13-8+. The quantitative estimate of drug-likeness (QED) is 0.555. The van der Waals surface area contributed by atoms with Crippen LogP contribution in [0.3, 0.4) is 0 Å². The Morgan fingerprint density at radius 2 is 2.22 bits per heavy atom. The second-order valence-corrected chi connectivity index (χ2v) is 6.06. The van der Waals surface area contributed by atoms with Crippen molar-refractivity contribution >= 4 is 34.7 Å². The van der Waals surface area contributed by atoms with Gasteiger partial charge in [0.25, 0.3) is 0 Å². The highest BCUT2D eigenvalue weighted by Crippen LogP contribution is 2.29. The van der Waals surface area contributed by atoms with E-state index in [4.69, 9.17) is 0 Å². The highest BCUT2D eigenvalue weighted by molar-refractivity contribution is 8.04. The Bertz CT molecular complexity index is 895. The number of fused-ring (bicyclic) bond motifs is 1. The van der Waals surface area contributed by atoms with Crippen LogP contribution in [0.25, 0.3) is 17.0 Å². The molecular weight excluding hydrogens is 312 g/mol. The Hall–Kier alpha value is -2.54. The van der Waals surface area contributed by atoms with E-state index in [1.54, 1.807) is 6.08 Å². The van der Waals surface area contributed by atoms with E-state index < -0.39 is 5.97 Å². The first-order chi connectivity index (χ1) is 11.1. The number of H-pyrrole nitrogens is 1. The van der Waals surface area contributed by atoms with Crippen molar-refractivity contribution in [3.8, 4) is 0 Å². The van der Waals surface area contributed by atoms with Crippen LogP contribution >= 0.6 is 11.8 Å². The van der Waals surface area contributed by atoms with Gasteiger partial charge in [0.05, 0.1) is 0 Å². The summed E-state index contributed by atoms with van der Waals surface area (Å²) >= 11 is 1.04. The van der Waals surface area contributed by atoms with Crippen molar-refractivity contribution < 1.29 is 9.90 Å². The maximum absolute atomic E-state index is 11.6. The van der Waals surface area contributed by atoms with Crippen LogP contribution in [0.4, 0.5) is 0 Å². The summed E-state index contributed by atoms with van der Waals surface area (Å²) in [5.74, 6) is -0.256. The number of aliphatic carboxylic acids is 1. The first kappa shape index (κ1) is 15.4. The predicted molar refractivity (Wildman–Crippen MR) is 90.1 cm³/mol. The minimum Gasteiger partial charge on any atom is -0.477 e. The molecule has 6 nitrogen and oxygen atoms in total. The van der Waals surface area contributed by atoms with Gasteiger partial charge in [-0.2, -0.15) is 0 Å². The van der Waals surface area contributed by atoms with E-state index in [1.165, 1.54) is 0 Å². The Balaban J connectivity index is 1.99. The number of hydrogen-bond acceptors (Lipinski definition) is 4. The maximum atomic E-state index is 11.6. The summed E-state index contributed by atoms with van der Waals surface area (Å²) in [6, 6.07) is 7.88. The minimum atomic E-state index is -0.995. The zero-order valence-corrected chi connectivity index (χ0v) is 13.6. The number of carbonyl (C=O) groups is 1. The third-order valence-corrected chi connectivity index (χ3v) is 4.35. The SMILES string of the molecule is CCc1nc(S/C(=C/c2cn(C)c3ccccc23)C(=O)O)n[nH]1. The normalized spacial score (nSPS) is 12.0. The lowest BCUT2D eigenvalue weighted by atomic mass is 10.1. The largest absolute Gasteiger partial charge is 0.477 e. The van der Waals surface area contributed by atoms with Crippen LogP contribution in [0.2, 0.25) is 0 Å². The van der Waals surface area contributed by atoms with Crippen LogP contribution in [0.1, 0.15) is 18.3 Å². The van der Waals surface area contributed by atoms with Gasteiger partial charge in [-0.25, -0.2) is 9.78 Å². The molecule has 23 heavy (non-hydrogen) atoms. The van der Waals surface area contributed by atoms with Gasteiger partial charge in [0.2, 0.25) is 5.16 Å². The number of aromatic amines is 1. The second-order valence-electron chi connectivity index (χ2n) is 5.05. The molecule has 2 heterocycles. The molecule has 0 saturated carbocycles. The van der Waals surface area contributed by atoms with Crippen LogP contribution in [0.15, 0.2) is 40.5 Å². The topological polar surface area (TPSA) is 83.8 Å². The summed E-state index contributed by atoms with van der Waals surface area (Å²) in [5.41, 5.74) is 1.92. The minimum absolute atomic E-state index is 0.183. The number of hydrogen-bond donors (Lipinski definition) is 2. The molecule has 0 aliphatic rings. The van der Waals surface area contributed by atoms with Crippen LogP contribution in [-0.2, 0) is 18.3 Å². The highest BCUT2D eigenvalue weighted by Gasteiger charge is 2.15. The number of rotatable bonds is 5. The molecule has 3 aromatic rings. The first-order valence-electron chi connectivity index (χ1n) is 7.16. The fourth-order valence-electron chi connectivity index (χ4n) is 2.34. The molecule has 7 heteroatoms. The average Bonchev–Trinajstić information content (AvgIpc) is 3.12. The Morgan fingerprint density at radius 1 is 1.43 bits per heavy atom. The molecule has 0 aliphatic carbocycles. The lowest BCUT2D eigenvalue weighted by molar-refractivity contribution is -0.131. The number of carboxylic acid groups (broad SMARTS) is 1. The van der Waals surface area contributed by atoms with Gasteiger partial charge in [-0.05, 0) is 23.9 Å². The molecule has 0 bridgehead atoms. The first-order valence-corrected chi connectivity index (χ1v) is 7.98. The lowest BCUT2D eigenvalue weighted by Gasteiger charge is -1.98. The van der Waals surface area contributed by atoms with Gasteiger partial charge in [0, 0.05) is 36.1 Å². The van der Waals surface area contributed by atoms with Crippen molar-refractivity contribution in [3.05, 3.63) is 46.8 Å². The van der Waals surface area contributed by atoms with Gasteiger partial charge in [-0.3, -0.25) is 5.10 Å². The van der Waals surface area contributed by atoms with Gasteiger partial charge in [0.1, 0.15) is 10.7 Å². The van der Waals surface area contributed by atoms with E-state index in [9.17, 15) is 9.90 Å². The van der Waals surface area contributed by atoms with Crippen molar-refractivity contribution in [2.75, 3.05) is 0 Å². The molecule has 0 atom stereocenters. The summed E-state index contributed by atoms with van der Waals surface area (Å²) in [4.78, 5) is 16.0. The van der Waals surface area contributed by atoms with E-state index >= 15 is 0 Å². The van der Waals surface area contributed by atoms with Crippen LogP contribution in [-0.4, -0.2) is 30.8 Å². The summed E-state index contributed by atoms with van der Waals surface area (Å²) in [7, 11) is 1.94. The molecule has 0 aliphatic heterocycles. The van der Waals surface area contributed by atoms with Crippen molar-refractivity contribution in [2.24, 2.45) is 7.05 Å². The molecule has 3 rings (SSSR count). The van der Waals surface area contributed by atoms with Gasteiger partial charge < -0.3 is 9.67 Å². The third-order valence-electron chi connectivity index (χ3n) is 3.47. The molecule has 0 spiro atoms. The average molecular weight is 328 g/mol. The summed E-state index contributed by atoms with van der Waals surface area (Å²) in [6.45, 7) is 1.96. The van der Waals surface area contributed by atoms with E-state index in [0.29, 0.717) is 5.16 Å². The fraction of sp³-hybridized carbons (Fsp3) is 0.188. The molecule has 118 valence electrons. The molecule has 1 aromatic carbocycles. The predicted octanol–water partition coefficient (Wildman–Crippen LogP) is 3.08. The molecule has 0 fully saturated rings. The maximum Gasteiger partial charge on any atom is 0.342 e. The Labute approximate surface area is 137 Å². The number of aryl methyl sites for hydroxylation is 2. The van der Waals surface area contributed by atoms with E-state index in [-0.39, 0.29) is 4.91 Å². The van der Waals surface area contributed by atoms with Gasteiger partial charge in [0.15, 0.2) is 0 Å². The summed E-state index contributed by atoms with van der Waals surface area (Å²) < 4.78 is 1.98. The van der Waals surface area contributed by atoms with E-state index in [2.05, 4.69) is 15.2 Å². The smallest absolute Gasteiger partial charge is 0.342 e. The zero-order chi connectivity index (χ0) is 16.4. The van der Waals surface area contributed by atoms with Crippen molar-refractivity contribution in [2.45, 2.75) is 18.5 Å². The Morgan fingerprint density at radius 3 is 2.91 bits per heavy atom.